The standard InChI is InChI=1S/C25H29F2N3O3S2/c1-16(15-28)12-22(31)21-13-18(27)4-7-20(21)24-25(34-23(14-26)29-24)17-2-5-19(6-3-17)30-8-10-35(32,33)11-9-30/h2-3,5-6,16,18,20-21H,4,7-14H2,1H3/t16-,18+,20-,21-/m1/s1. The van der Waals surface area contributed by atoms with Crippen LogP contribution in [-0.4, -0.2) is 50.0 Å². The summed E-state index contributed by atoms with van der Waals surface area (Å²) in [5.41, 5.74) is 2.38. The van der Waals surface area contributed by atoms with E-state index in [0.717, 1.165) is 16.1 Å². The van der Waals surface area contributed by atoms with Gasteiger partial charge >= 0.3 is 0 Å². The molecule has 188 valence electrons. The summed E-state index contributed by atoms with van der Waals surface area (Å²) in [6.07, 6.45) is -0.143. The van der Waals surface area contributed by atoms with E-state index in [1.807, 2.05) is 29.2 Å². The number of rotatable bonds is 7. The van der Waals surface area contributed by atoms with E-state index in [-0.39, 0.29) is 36.0 Å². The number of aromatic nitrogens is 1. The zero-order valence-corrected chi connectivity index (χ0v) is 21.3. The number of sulfone groups is 1. The molecule has 4 atom stereocenters. The predicted molar refractivity (Wildman–Crippen MR) is 133 cm³/mol. The number of carbonyl (C=O) groups is 1. The molecule has 0 N–H and O–H groups in total. The van der Waals surface area contributed by atoms with E-state index in [9.17, 15) is 22.0 Å². The molecule has 1 saturated heterocycles. The Bertz CT molecular complexity index is 1190. The molecule has 6 nitrogen and oxygen atoms in total. The summed E-state index contributed by atoms with van der Waals surface area (Å²) in [5, 5.41) is 9.44. The molecule has 0 unspecified atom stereocenters. The second kappa shape index (κ2) is 10.7. The van der Waals surface area contributed by atoms with Crippen LogP contribution in [0.25, 0.3) is 10.4 Å². The van der Waals surface area contributed by atoms with E-state index in [4.69, 9.17) is 5.26 Å². The third-order valence-corrected chi connectivity index (χ3v) is 9.62. The zero-order chi connectivity index (χ0) is 25.2. The first-order valence-corrected chi connectivity index (χ1v) is 14.5. The monoisotopic (exact) mass is 521 g/mol. The van der Waals surface area contributed by atoms with Crippen LogP contribution in [0.1, 0.15) is 49.2 Å². The van der Waals surface area contributed by atoms with Crippen LogP contribution in [0.4, 0.5) is 14.5 Å². The van der Waals surface area contributed by atoms with Crippen LogP contribution in [0.15, 0.2) is 24.3 Å². The van der Waals surface area contributed by atoms with Crippen LogP contribution < -0.4 is 4.90 Å². The van der Waals surface area contributed by atoms with Gasteiger partial charge in [0, 0.05) is 37.0 Å². The van der Waals surface area contributed by atoms with Gasteiger partial charge in [-0.15, -0.1) is 11.3 Å². The molecule has 2 heterocycles. The molecule has 0 bridgehead atoms. The maximum atomic E-state index is 14.3. The van der Waals surface area contributed by atoms with Crippen molar-refractivity contribution < 1.29 is 22.0 Å². The molecule has 4 rings (SSSR count). The lowest BCUT2D eigenvalue weighted by Gasteiger charge is -2.32. The van der Waals surface area contributed by atoms with Gasteiger partial charge < -0.3 is 4.90 Å². The van der Waals surface area contributed by atoms with Gasteiger partial charge in [-0.05, 0) is 43.9 Å². The Morgan fingerprint density at radius 2 is 1.94 bits per heavy atom. The molecular weight excluding hydrogens is 492 g/mol. The van der Waals surface area contributed by atoms with E-state index in [1.165, 1.54) is 11.3 Å². The van der Waals surface area contributed by atoms with Gasteiger partial charge in [0.1, 0.15) is 23.6 Å². The number of halogens is 2. The number of anilines is 1. The van der Waals surface area contributed by atoms with Gasteiger partial charge in [-0.1, -0.05) is 12.1 Å². The maximum absolute atomic E-state index is 14.3. The van der Waals surface area contributed by atoms with Crippen molar-refractivity contribution in [2.24, 2.45) is 11.8 Å². The van der Waals surface area contributed by atoms with Crippen LogP contribution in [-0.2, 0) is 21.3 Å². The first-order valence-electron chi connectivity index (χ1n) is 11.9. The molecule has 1 aliphatic heterocycles. The number of Topliss-reactive ketones (excluding diaryl/α,β-unsaturated/α-hetero) is 1. The largest absolute Gasteiger partial charge is 0.369 e. The van der Waals surface area contributed by atoms with Crippen molar-refractivity contribution in [3.8, 4) is 16.5 Å². The molecule has 10 heteroatoms. The summed E-state index contributed by atoms with van der Waals surface area (Å²) in [7, 11) is -2.97. The number of nitrogens with zero attached hydrogens (tertiary/aromatic N) is 3. The van der Waals surface area contributed by atoms with Gasteiger partial charge in [0.15, 0.2) is 9.84 Å². The minimum absolute atomic E-state index is 0.0695. The fourth-order valence-electron chi connectivity index (χ4n) is 4.99. The summed E-state index contributed by atoms with van der Waals surface area (Å²) >= 11 is 1.24. The number of hydrogen-bond acceptors (Lipinski definition) is 7. The number of ketones is 1. The third-order valence-electron chi connectivity index (χ3n) is 6.93. The van der Waals surface area contributed by atoms with Gasteiger partial charge in [-0.2, -0.15) is 5.26 Å². The van der Waals surface area contributed by atoms with Crippen LogP contribution in [0.2, 0.25) is 0 Å². The summed E-state index contributed by atoms with van der Waals surface area (Å²) in [5.74, 6) is -1.23. The molecule has 2 aromatic rings. The van der Waals surface area contributed by atoms with Crippen molar-refractivity contribution in [1.82, 2.24) is 4.98 Å². The average Bonchev–Trinajstić information content (AvgIpc) is 3.28. The number of thiazole rings is 1. The lowest BCUT2D eigenvalue weighted by Crippen LogP contribution is -2.40. The molecule has 2 fully saturated rings. The number of nitriles is 1. The molecule has 1 saturated carbocycles. The Hall–Kier alpha value is -2.38. The molecule has 0 amide bonds. The van der Waals surface area contributed by atoms with Crippen molar-refractivity contribution in [3.05, 3.63) is 35.0 Å². The van der Waals surface area contributed by atoms with Crippen LogP contribution in [0.3, 0.4) is 0 Å². The normalized spacial score (nSPS) is 25.1. The minimum Gasteiger partial charge on any atom is -0.369 e. The fourth-order valence-corrected chi connectivity index (χ4v) is 7.18. The van der Waals surface area contributed by atoms with Crippen molar-refractivity contribution in [2.45, 2.75) is 51.4 Å². The lowest BCUT2D eigenvalue weighted by atomic mass is 9.72. The van der Waals surface area contributed by atoms with Crippen molar-refractivity contribution >= 4 is 32.6 Å². The third kappa shape index (κ3) is 5.89. The first-order chi connectivity index (χ1) is 16.7. The Morgan fingerprint density at radius 3 is 2.57 bits per heavy atom. The maximum Gasteiger partial charge on any atom is 0.153 e. The Labute approximate surface area is 208 Å². The SMILES string of the molecule is C[C@@H](C#N)CC(=O)[C@@H]1C[C@@H](F)CC[C@H]1c1nc(CF)sc1-c1ccc(N2CCS(=O)(=O)CC2)cc1. The molecule has 0 radical (unpaired) electrons. The van der Waals surface area contributed by atoms with Crippen LogP contribution in [0.5, 0.6) is 0 Å². The van der Waals surface area contributed by atoms with E-state index in [2.05, 4.69) is 11.1 Å². The lowest BCUT2D eigenvalue weighted by molar-refractivity contribution is -0.125. The van der Waals surface area contributed by atoms with Gasteiger partial charge in [0.2, 0.25) is 0 Å². The van der Waals surface area contributed by atoms with E-state index in [0.29, 0.717) is 36.6 Å². The second-order valence-corrected chi connectivity index (χ2v) is 12.9. The van der Waals surface area contributed by atoms with E-state index < -0.39 is 34.5 Å². The van der Waals surface area contributed by atoms with Crippen molar-refractivity contribution in [2.75, 3.05) is 29.5 Å². The second-order valence-electron chi connectivity index (χ2n) is 9.47. The molecule has 0 spiro atoms. The number of hydrogen-bond donors (Lipinski definition) is 0. The van der Waals surface area contributed by atoms with Crippen molar-refractivity contribution in [1.29, 1.82) is 5.26 Å². The van der Waals surface area contributed by atoms with Gasteiger partial charge in [-0.25, -0.2) is 22.2 Å². The Balaban J connectivity index is 1.62. The highest BCUT2D eigenvalue weighted by Gasteiger charge is 2.39. The molecular formula is C25H29F2N3O3S2. The highest BCUT2D eigenvalue weighted by molar-refractivity contribution is 7.91. The number of benzene rings is 1. The van der Waals surface area contributed by atoms with Crippen molar-refractivity contribution in [3.63, 3.8) is 0 Å². The fraction of sp³-hybridized carbons (Fsp3) is 0.560. The summed E-state index contributed by atoms with van der Waals surface area (Å²) in [6.45, 7) is 1.84. The number of alkyl halides is 2. The summed E-state index contributed by atoms with van der Waals surface area (Å²) in [4.78, 5) is 20.4. The molecule has 1 aliphatic carbocycles. The van der Waals surface area contributed by atoms with Gasteiger partial charge in [0.25, 0.3) is 0 Å². The average molecular weight is 522 g/mol. The van der Waals surface area contributed by atoms with E-state index >= 15 is 0 Å². The van der Waals surface area contributed by atoms with Crippen LogP contribution in [0, 0.1) is 23.2 Å². The highest BCUT2D eigenvalue weighted by Crippen LogP contribution is 2.45. The molecule has 1 aromatic carbocycles. The molecule has 1 aromatic heterocycles. The van der Waals surface area contributed by atoms with E-state index in [1.54, 1.807) is 6.92 Å². The molecule has 2 aliphatic rings. The predicted octanol–water partition coefficient (Wildman–Crippen LogP) is 4.86. The van der Waals surface area contributed by atoms with Gasteiger partial charge in [-0.3, -0.25) is 4.79 Å². The zero-order valence-electron chi connectivity index (χ0n) is 19.6. The minimum atomic E-state index is -2.97. The Kier molecular flexibility index (Phi) is 7.86. The summed E-state index contributed by atoms with van der Waals surface area (Å²) < 4.78 is 51.4. The topological polar surface area (TPSA) is 91.1 Å². The first kappa shape index (κ1) is 25.7. The van der Waals surface area contributed by atoms with Crippen LogP contribution >= 0.6 is 11.3 Å². The Morgan fingerprint density at radius 1 is 1.26 bits per heavy atom. The quantitative estimate of drug-likeness (QED) is 0.517. The summed E-state index contributed by atoms with van der Waals surface area (Å²) in [6, 6.07) is 9.73. The number of carbonyl (C=O) groups excluding carboxylic acids is 1. The smallest absolute Gasteiger partial charge is 0.153 e. The highest BCUT2D eigenvalue weighted by atomic mass is 32.2. The molecule has 35 heavy (non-hydrogen) atoms. The van der Waals surface area contributed by atoms with Gasteiger partial charge in [0.05, 0.1) is 34.1 Å².